The number of hydrogen-bond acceptors (Lipinski definition) is 4. The van der Waals surface area contributed by atoms with Crippen molar-refractivity contribution in [1.29, 1.82) is 0 Å². The van der Waals surface area contributed by atoms with E-state index in [9.17, 15) is 9.59 Å². The second-order valence-electron chi connectivity index (χ2n) is 4.20. The molecule has 0 spiro atoms. The molecule has 0 atom stereocenters. The molecule has 1 aromatic rings. The largest absolute Gasteiger partial charge is 0.452 e. The monoisotopic (exact) mass is 276 g/mol. The van der Waals surface area contributed by atoms with Crippen LogP contribution in [0.15, 0.2) is 29.2 Å². The molecule has 0 saturated heterocycles. The molecule has 0 aliphatic carbocycles. The van der Waals surface area contributed by atoms with Gasteiger partial charge in [-0.1, -0.05) is 31.9 Å². The van der Waals surface area contributed by atoms with Crippen LogP contribution in [0.5, 0.6) is 0 Å². The smallest absolute Gasteiger partial charge is 0.317 e. The van der Waals surface area contributed by atoms with E-state index in [2.05, 4.69) is 5.92 Å². The first-order chi connectivity index (χ1) is 9.04. The number of ketones is 1. The predicted molar refractivity (Wildman–Crippen MR) is 76.1 cm³/mol. The Balaban J connectivity index is 2.51. The first-order valence-corrected chi connectivity index (χ1v) is 6.89. The lowest BCUT2D eigenvalue weighted by Gasteiger charge is -2.05. The summed E-state index contributed by atoms with van der Waals surface area (Å²) in [4.78, 5) is 23.9. The van der Waals surface area contributed by atoms with Gasteiger partial charge in [-0.25, -0.2) is 0 Å². The van der Waals surface area contributed by atoms with Crippen molar-refractivity contribution >= 4 is 23.5 Å². The molecule has 0 bridgehead atoms. The Bertz CT molecular complexity index is 483. The second kappa shape index (κ2) is 7.65. The summed E-state index contributed by atoms with van der Waals surface area (Å²) in [5, 5.41) is 0. The number of esters is 1. The summed E-state index contributed by atoms with van der Waals surface area (Å²) >= 11 is 1.35. The lowest BCUT2D eigenvalue weighted by Crippen LogP contribution is -2.08. The van der Waals surface area contributed by atoms with Crippen molar-refractivity contribution in [2.75, 3.05) is 12.4 Å². The molecule has 1 rings (SSSR count). The molecule has 100 valence electrons. The van der Waals surface area contributed by atoms with Crippen LogP contribution in [-0.4, -0.2) is 24.1 Å². The number of hydrogen-bond donors (Lipinski definition) is 0. The molecule has 19 heavy (non-hydrogen) atoms. The number of benzene rings is 1. The van der Waals surface area contributed by atoms with Gasteiger partial charge in [0.2, 0.25) is 0 Å². The lowest BCUT2D eigenvalue weighted by atomic mass is 10.0. The summed E-state index contributed by atoms with van der Waals surface area (Å²) in [6.45, 7) is 3.74. The molecule has 4 heteroatoms. The van der Waals surface area contributed by atoms with Gasteiger partial charge in [-0.05, 0) is 12.1 Å². The van der Waals surface area contributed by atoms with Crippen LogP contribution in [0.3, 0.4) is 0 Å². The number of carbonyl (C=O) groups excluding carboxylic acids is 2. The van der Waals surface area contributed by atoms with E-state index < -0.39 is 0 Å². The van der Waals surface area contributed by atoms with E-state index >= 15 is 0 Å². The topological polar surface area (TPSA) is 43.4 Å². The molecule has 0 fully saturated rings. The second-order valence-corrected chi connectivity index (χ2v) is 5.25. The van der Waals surface area contributed by atoms with Crippen LogP contribution in [0.4, 0.5) is 0 Å². The molecule has 0 aromatic heterocycles. The number of Topliss-reactive ketones (excluding diaryl/α,β-unsaturated/α-hetero) is 1. The van der Waals surface area contributed by atoms with Gasteiger partial charge in [0.15, 0.2) is 12.4 Å². The molecule has 0 aliphatic rings. The average molecular weight is 276 g/mol. The number of rotatable bonds is 6. The minimum Gasteiger partial charge on any atom is -0.452 e. The summed E-state index contributed by atoms with van der Waals surface area (Å²) < 4.78 is 4.76. The van der Waals surface area contributed by atoms with Gasteiger partial charge in [0.1, 0.15) is 0 Å². The van der Waals surface area contributed by atoms with E-state index in [1.165, 1.54) is 11.8 Å². The fraction of sp³-hybridized carbons (Fsp3) is 0.333. The lowest BCUT2D eigenvalue weighted by molar-refractivity contribution is -0.138. The van der Waals surface area contributed by atoms with Gasteiger partial charge in [-0.15, -0.1) is 18.2 Å². The third-order valence-corrected chi connectivity index (χ3v) is 3.32. The first-order valence-electron chi connectivity index (χ1n) is 5.90. The standard InChI is InChI=1S/C15H16O3S/c1-4-9-18-14(16)10-19-13-7-5-12(6-8-13)15(17)11(2)3/h1,5-8,11H,9-10H2,2-3H3. The van der Waals surface area contributed by atoms with Crippen molar-refractivity contribution in [3.63, 3.8) is 0 Å². The Morgan fingerprint density at radius 3 is 2.47 bits per heavy atom. The maximum atomic E-state index is 11.7. The zero-order chi connectivity index (χ0) is 14.3. The molecule has 0 unspecified atom stereocenters. The highest BCUT2D eigenvalue weighted by molar-refractivity contribution is 8.00. The van der Waals surface area contributed by atoms with Crippen molar-refractivity contribution in [2.24, 2.45) is 5.92 Å². The van der Waals surface area contributed by atoms with Crippen LogP contribution < -0.4 is 0 Å². The minimum absolute atomic E-state index is 0.00121. The highest BCUT2D eigenvalue weighted by atomic mass is 32.2. The van der Waals surface area contributed by atoms with Crippen LogP contribution in [-0.2, 0) is 9.53 Å². The van der Waals surface area contributed by atoms with Crippen molar-refractivity contribution in [2.45, 2.75) is 18.7 Å². The number of thioether (sulfide) groups is 1. The molecule has 0 N–H and O–H groups in total. The van der Waals surface area contributed by atoms with E-state index in [4.69, 9.17) is 11.2 Å². The Morgan fingerprint density at radius 1 is 1.32 bits per heavy atom. The van der Waals surface area contributed by atoms with Gasteiger partial charge in [-0.2, -0.15) is 0 Å². The van der Waals surface area contributed by atoms with Crippen LogP contribution in [0.25, 0.3) is 0 Å². The Hall–Kier alpha value is -1.73. The third kappa shape index (κ3) is 5.19. The fourth-order valence-electron chi connectivity index (χ4n) is 1.35. The Labute approximate surface area is 117 Å². The highest BCUT2D eigenvalue weighted by Crippen LogP contribution is 2.19. The van der Waals surface area contributed by atoms with Crippen LogP contribution >= 0.6 is 11.8 Å². The maximum Gasteiger partial charge on any atom is 0.317 e. The normalized spacial score (nSPS) is 10.0. The Kier molecular flexibility index (Phi) is 6.17. The fourth-order valence-corrected chi connectivity index (χ4v) is 2.05. The van der Waals surface area contributed by atoms with Crippen LogP contribution in [0.2, 0.25) is 0 Å². The number of ether oxygens (including phenoxy) is 1. The molecule has 0 aliphatic heterocycles. The minimum atomic E-state index is -0.342. The molecule has 1 aromatic carbocycles. The average Bonchev–Trinajstić information content (AvgIpc) is 2.42. The van der Waals surface area contributed by atoms with Gasteiger partial charge in [0.05, 0.1) is 5.75 Å². The van der Waals surface area contributed by atoms with E-state index in [-0.39, 0.29) is 30.0 Å². The zero-order valence-electron chi connectivity index (χ0n) is 11.0. The van der Waals surface area contributed by atoms with Gasteiger partial charge in [0.25, 0.3) is 0 Å². The van der Waals surface area contributed by atoms with E-state index in [0.717, 1.165) is 4.90 Å². The van der Waals surface area contributed by atoms with E-state index in [1.54, 1.807) is 12.1 Å². The molecule has 0 saturated carbocycles. The molecular weight excluding hydrogens is 260 g/mol. The van der Waals surface area contributed by atoms with E-state index in [0.29, 0.717) is 5.56 Å². The SMILES string of the molecule is C#CCOC(=O)CSc1ccc(C(=O)C(C)C)cc1. The van der Waals surface area contributed by atoms with Crippen molar-refractivity contribution < 1.29 is 14.3 Å². The van der Waals surface area contributed by atoms with Gasteiger partial charge in [0, 0.05) is 16.4 Å². The van der Waals surface area contributed by atoms with Crippen LogP contribution in [0, 0.1) is 18.3 Å². The van der Waals surface area contributed by atoms with Crippen molar-refractivity contribution in [1.82, 2.24) is 0 Å². The molecule has 0 radical (unpaired) electrons. The summed E-state index contributed by atoms with van der Waals surface area (Å²) in [5.74, 6) is 2.20. The van der Waals surface area contributed by atoms with Gasteiger partial charge >= 0.3 is 5.97 Å². The maximum absolute atomic E-state index is 11.7. The summed E-state index contributed by atoms with van der Waals surface area (Å²) in [6.07, 6.45) is 4.99. The molecule has 0 amide bonds. The number of terminal acetylenes is 1. The first kappa shape index (κ1) is 15.3. The molecule has 0 heterocycles. The third-order valence-electron chi connectivity index (χ3n) is 2.34. The van der Waals surface area contributed by atoms with Crippen molar-refractivity contribution in [3.05, 3.63) is 29.8 Å². The quantitative estimate of drug-likeness (QED) is 0.347. The Morgan fingerprint density at radius 2 is 1.95 bits per heavy atom. The van der Waals surface area contributed by atoms with Gasteiger partial charge < -0.3 is 4.74 Å². The molecular formula is C15H16O3S. The predicted octanol–water partition coefficient (Wildman–Crippen LogP) is 2.79. The zero-order valence-corrected chi connectivity index (χ0v) is 11.8. The van der Waals surface area contributed by atoms with Crippen molar-refractivity contribution in [3.8, 4) is 12.3 Å². The number of carbonyl (C=O) groups is 2. The summed E-state index contributed by atoms with van der Waals surface area (Å²) in [6, 6.07) is 7.21. The van der Waals surface area contributed by atoms with Crippen LogP contribution in [0.1, 0.15) is 24.2 Å². The molecule has 3 nitrogen and oxygen atoms in total. The van der Waals surface area contributed by atoms with E-state index in [1.807, 2.05) is 26.0 Å². The van der Waals surface area contributed by atoms with Gasteiger partial charge in [-0.3, -0.25) is 9.59 Å². The summed E-state index contributed by atoms with van der Waals surface area (Å²) in [5.41, 5.74) is 0.689. The highest BCUT2D eigenvalue weighted by Gasteiger charge is 2.10. The summed E-state index contributed by atoms with van der Waals surface area (Å²) in [7, 11) is 0.